The summed E-state index contributed by atoms with van der Waals surface area (Å²) in [6.07, 6.45) is -0.376. The molecule has 2 unspecified atom stereocenters. The van der Waals surface area contributed by atoms with Gasteiger partial charge in [0.05, 0.1) is 18.7 Å². The van der Waals surface area contributed by atoms with Crippen molar-refractivity contribution in [2.24, 2.45) is 0 Å². The molecule has 0 bridgehead atoms. The van der Waals surface area contributed by atoms with Crippen molar-refractivity contribution in [3.05, 3.63) is 47.6 Å². The van der Waals surface area contributed by atoms with E-state index in [2.05, 4.69) is 15.5 Å². The second-order valence-electron chi connectivity index (χ2n) is 6.95. The minimum Gasteiger partial charge on any atom is -0.362 e. The van der Waals surface area contributed by atoms with Crippen LogP contribution >= 0.6 is 0 Å². The third kappa shape index (κ3) is 3.16. The van der Waals surface area contributed by atoms with E-state index in [4.69, 9.17) is 9.26 Å². The summed E-state index contributed by atoms with van der Waals surface area (Å²) in [4.78, 5) is 18.4. The lowest BCUT2D eigenvalue weighted by Gasteiger charge is -2.35. The molecule has 1 aliphatic carbocycles. The first kappa shape index (κ1) is 17.0. The molecule has 1 aromatic carbocycles. The Morgan fingerprint density at radius 1 is 1.35 bits per heavy atom. The Morgan fingerprint density at radius 3 is 2.81 bits per heavy atom. The Labute approximate surface area is 150 Å². The number of rotatable bonds is 3. The van der Waals surface area contributed by atoms with Gasteiger partial charge in [0.1, 0.15) is 0 Å². The number of urea groups is 1. The summed E-state index contributed by atoms with van der Waals surface area (Å²) in [5.41, 5.74) is -0.891. The van der Waals surface area contributed by atoms with Crippen molar-refractivity contribution in [2.45, 2.75) is 44.2 Å². The highest BCUT2D eigenvalue weighted by atomic mass is 19.1. The van der Waals surface area contributed by atoms with Gasteiger partial charge in [-0.25, -0.2) is 9.18 Å². The highest BCUT2D eigenvalue weighted by molar-refractivity contribution is 5.75. The Balaban J connectivity index is 1.40. The van der Waals surface area contributed by atoms with Crippen molar-refractivity contribution in [1.29, 1.82) is 0 Å². The van der Waals surface area contributed by atoms with Gasteiger partial charge in [0.25, 0.3) is 5.89 Å². The van der Waals surface area contributed by atoms with E-state index in [-0.39, 0.29) is 25.1 Å². The molecule has 1 aliphatic heterocycles. The molecule has 8 heteroatoms. The molecule has 2 aromatic rings. The van der Waals surface area contributed by atoms with Gasteiger partial charge < -0.3 is 19.5 Å². The maximum absolute atomic E-state index is 15.0. The predicted molar refractivity (Wildman–Crippen MR) is 90.1 cm³/mol. The van der Waals surface area contributed by atoms with Crippen LogP contribution < -0.4 is 5.32 Å². The fourth-order valence-corrected chi connectivity index (χ4v) is 3.38. The van der Waals surface area contributed by atoms with Gasteiger partial charge in [-0.1, -0.05) is 35.5 Å². The summed E-state index contributed by atoms with van der Waals surface area (Å²) in [6.45, 7) is 4.30. The minimum absolute atomic E-state index is 0.185. The number of carbonyl (C=O) groups is 1. The number of nitrogens with zero attached hydrogens (tertiary/aromatic N) is 3. The van der Waals surface area contributed by atoms with Crippen LogP contribution in [0.15, 0.2) is 34.9 Å². The number of nitrogens with one attached hydrogen (secondary N) is 1. The molecule has 1 saturated heterocycles. The normalized spacial score (nSPS) is 30.9. The zero-order valence-electron chi connectivity index (χ0n) is 14.7. The minimum atomic E-state index is -1.49. The molecular weight excluding hydrogens is 339 g/mol. The van der Waals surface area contributed by atoms with Gasteiger partial charge in [-0.2, -0.15) is 4.98 Å². The predicted octanol–water partition coefficient (Wildman–Crippen LogP) is 2.49. The molecule has 1 aromatic heterocycles. The smallest absolute Gasteiger partial charge is 0.317 e. The lowest BCUT2D eigenvalue weighted by atomic mass is 10.1. The van der Waals surface area contributed by atoms with E-state index in [0.29, 0.717) is 23.8 Å². The van der Waals surface area contributed by atoms with Crippen LogP contribution in [-0.4, -0.2) is 46.3 Å². The third-order valence-electron chi connectivity index (χ3n) is 4.81. The molecule has 1 saturated carbocycles. The second-order valence-corrected chi connectivity index (χ2v) is 6.95. The number of carbonyl (C=O) groups excluding carboxylic acids is 1. The number of aryl methyl sites for hydroxylation is 1. The van der Waals surface area contributed by atoms with Crippen molar-refractivity contribution < 1.29 is 18.4 Å². The average molecular weight is 360 g/mol. The van der Waals surface area contributed by atoms with E-state index in [1.807, 2.05) is 13.0 Å². The van der Waals surface area contributed by atoms with Crippen molar-refractivity contribution in [2.75, 3.05) is 13.1 Å². The molecule has 4 rings (SSSR count). The summed E-state index contributed by atoms with van der Waals surface area (Å²) >= 11 is 0. The van der Waals surface area contributed by atoms with E-state index in [0.717, 1.165) is 0 Å². The van der Waals surface area contributed by atoms with Crippen LogP contribution in [0.3, 0.4) is 0 Å². The SMILES string of the molecule is Cc1noc([C@H]2CN(C(=O)NC3CC3(F)c3ccccc3)C[C@@H](C)O2)n1. The summed E-state index contributed by atoms with van der Waals surface area (Å²) in [7, 11) is 0. The van der Waals surface area contributed by atoms with Gasteiger partial charge in [-0.05, 0) is 19.4 Å². The van der Waals surface area contributed by atoms with Crippen LogP contribution in [0.2, 0.25) is 0 Å². The summed E-state index contributed by atoms with van der Waals surface area (Å²) < 4.78 is 25.9. The molecule has 2 heterocycles. The first-order valence-electron chi connectivity index (χ1n) is 8.71. The summed E-state index contributed by atoms with van der Waals surface area (Å²) in [6, 6.07) is 8.12. The average Bonchev–Trinajstić information content (AvgIpc) is 3.08. The maximum Gasteiger partial charge on any atom is 0.317 e. The van der Waals surface area contributed by atoms with Gasteiger partial charge in [0.15, 0.2) is 17.6 Å². The number of hydrogen-bond donors (Lipinski definition) is 1. The number of morpholine rings is 1. The maximum atomic E-state index is 15.0. The van der Waals surface area contributed by atoms with Gasteiger partial charge in [0, 0.05) is 13.0 Å². The van der Waals surface area contributed by atoms with Crippen molar-refractivity contribution in [3.8, 4) is 0 Å². The first-order valence-corrected chi connectivity index (χ1v) is 8.71. The van der Waals surface area contributed by atoms with Gasteiger partial charge in [-0.3, -0.25) is 0 Å². The monoisotopic (exact) mass is 360 g/mol. The molecule has 2 aliphatic rings. The van der Waals surface area contributed by atoms with E-state index in [1.54, 1.807) is 36.1 Å². The second kappa shape index (κ2) is 6.35. The van der Waals surface area contributed by atoms with Crippen molar-refractivity contribution in [3.63, 3.8) is 0 Å². The molecule has 2 fully saturated rings. The van der Waals surface area contributed by atoms with Crippen molar-refractivity contribution in [1.82, 2.24) is 20.4 Å². The molecule has 0 spiro atoms. The third-order valence-corrected chi connectivity index (χ3v) is 4.81. The molecule has 7 nitrogen and oxygen atoms in total. The fourth-order valence-electron chi connectivity index (χ4n) is 3.38. The lowest BCUT2D eigenvalue weighted by Crippen LogP contribution is -2.51. The molecule has 26 heavy (non-hydrogen) atoms. The van der Waals surface area contributed by atoms with E-state index < -0.39 is 17.8 Å². The van der Waals surface area contributed by atoms with Gasteiger partial charge >= 0.3 is 6.03 Å². The van der Waals surface area contributed by atoms with Gasteiger partial charge in [-0.15, -0.1) is 0 Å². The quantitative estimate of drug-likeness (QED) is 0.910. The standard InChI is InChI=1S/C18H21FN4O3/c1-11-9-23(10-14(25-11)16-20-12(2)22-26-16)17(24)21-15-8-18(15,19)13-6-4-3-5-7-13/h3-7,11,14-15H,8-10H2,1-2H3,(H,21,24)/t11-,14-,15?,18?/m1/s1. The topological polar surface area (TPSA) is 80.5 Å². The number of ether oxygens (including phenoxy) is 1. The van der Waals surface area contributed by atoms with Gasteiger partial charge in [0.2, 0.25) is 0 Å². The zero-order valence-corrected chi connectivity index (χ0v) is 14.7. The van der Waals surface area contributed by atoms with E-state index in [1.165, 1.54) is 0 Å². The number of hydrogen-bond acceptors (Lipinski definition) is 5. The first-order chi connectivity index (χ1) is 12.5. The van der Waals surface area contributed by atoms with Crippen LogP contribution in [0.5, 0.6) is 0 Å². The fraction of sp³-hybridized carbons (Fsp3) is 0.500. The van der Waals surface area contributed by atoms with Crippen molar-refractivity contribution >= 4 is 6.03 Å². The highest BCUT2D eigenvalue weighted by Crippen LogP contribution is 2.49. The Bertz CT molecular complexity index is 799. The number of aromatic nitrogens is 2. The van der Waals surface area contributed by atoms with E-state index in [9.17, 15) is 9.18 Å². The Kier molecular flexibility index (Phi) is 4.14. The van der Waals surface area contributed by atoms with E-state index >= 15 is 0 Å². The zero-order chi connectivity index (χ0) is 18.3. The summed E-state index contributed by atoms with van der Waals surface area (Å²) in [5.74, 6) is 0.864. The van der Waals surface area contributed by atoms with Crippen LogP contribution in [0, 0.1) is 6.92 Å². The van der Waals surface area contributed by atoms with Crippen LogP contribution in [0.1, 0.15) is 36.7 Å². The molecule has 2 amide bonds. The van der Waals surface area contributed by atoms with Crippen LogP contribution in [0.25, 0.3) is 0 Å². The molecule has 0 radical (unpaired) electrons. The summed E-state index contributed by atoms with van der Waals surface area (Å²) in [5, 5.41) is 6.56. The number of alkyl halides is 1. The highest BCUT2D eigenvalue weighted by Gasteiger charge is 2.58. The molecule has 1 N–H and O–H groups in total. The van der Waals surface area contributed by atoms with Crippen LogP contribution in [-0.2, 0) is 10.4 Å². The number of amides is 2. The molecule has 138 valence electrons. The Morgan fingerprint density at radius 2 is 2.12 bits per heavy atom. The largest absolute Gasteiger partial charge is 0.362 e. The van der Waals surface area contributed by atoms with Crippen LogP contribution in [0.4, 0.5) is 9.18 Å². The molecule has 4 atom stereocenters. The number of halogens is 1. The lowest BCUT2D eigenvalue weighted by molar-refractivity contribution is -0.0782. The molecular formula is C18H21FN4O3. The number of benzene rings is 1. The Hall–Kier alpha value is -2.48.